The Balaban J connectivity index is 2.00. The summed E-state index contributed by atoms with van der Waals surface area (Å²) < 4.78 is 37.9. The zero-order chi connectivity index (χ0) is 15.0. The highest BCUT2D eigenvalue weighted by Crippen LogP contribution is 2.40. The number of hydrogen-bond donors (Lipinski definition) is 0. The zero-order valence-corrected chi connectivity index (χ0v) is 12.3. The minimum atomic E-state index is -4.36. The van der Waals surface area contributed by atoms with Crippen LogP contribution < -0.4 is 0 Å². The summed E-state index contributed by atoms with van der Waals surface area (Å²) in [5, 5.41) is 1.06. The lowest BCUT2D eigenvalue weighted by atomic mass is 10.3. The summed E-state index contributed by atoms with van der Waals surface area (Å²) in [6, 6.07) is 3.65. The lowest BCUT2D eigenvalue weighted by molar-refractivity contribution is -0.134. The zero-order valence-electron chi connectivity index (χ0n) is 10.7. The third-order valence-corrected chi connectivity index (χ3v) is 5.09. The molecule has 0 unspecified atom stereocenters. The van der Waals surface area contributed by atoms with E-state index in [0.29, 0.717) is 26.9 Å². The topological polar surface area (TPSA) is 38.7 Å². The molecule has 0 aromatic carbocycles. The lowest BCUT2D eigenvalue weighted by Crippen LogP contribution is -2.00. The average molecular weight is 327 g/mol. The fourth-order valence-electron chi connectivity index (χ4n) is 1.72. The van der Waals surface area contributed by atoms with Crippen molar-refractivity contribution in [3.8, 4) is 20.5 Å². The van der Waals surface area contributed by atoms with E-state index in [9.17, 15) is 13.2 Å². The molecule has 0 bridgehead atoms. The SMILES string of the molecule is Cc1nc(-c2cccnc2)sc1-c1ncc(C(F)(F)F)s1. The van der Waals surface area contributed by atoms with E-state index in [1.165, 1.54) is 11.3 Å². The third kappa shape index (κ3) is 2.81. The van der Waals surface area contributed by atoms with Crippen LogP contribution in [-0.4, -0.2) is 15.0 Å². The first-order valence-electron chi connectivity index (χ1n) is 5.86. The van der Waals surface area contributed by atoms with E-state index in [-0.39, 0.29) is 0 Å². The van der Waals surface area contributed by atoms with Crippen molar-refractivity contribution in [3.63, 3.8) is 0 Å². The molecule has 3 rings (SSSR count). The molecule has 0 fully saturated rings. The number of halogens is 3. The first-order chi connectivity index (χ1) is 9.95. The summed E-state index contributed by atoms with van der Waals surface area (Å²) in [7, 11) is 0. The van der Waals surface area contributed by atoms with E-state index in [0.717, 1.165) is 16.8 Å². The Morgan fingerprint density at radius 3 is 2.52 bits per heavy atom. The van der Waals surface area contributed by atoms with Gasteiger partial charge < -0.3 is 0 Å². The molecule has 0 amide bonds. The van der Waals surface area contributed by atoms with E-state index in [1.807, 2.05) is 6.07 Å². The van der Waals surface area contributed by atoms with Crippen molar-refractivity contribution in [2.24, 2.45) is 0 Å². The van der Waals surface area contributed by atoms with Crippen molar-refractivity contribution < 1.29 is 13.2 Å². The van der Waals surface area contributed by atoms with Gasteiger partial charge in [-0.1, -0.05) is 0 Å². The Labute approximate surface area is 126 Å². The second-order valence-corrected chi connectivity index (χ2v) is 6.23. The van der Waals surface area contributed by atoms with Crippen molar-refractivity contribution in [2.75, 3.05) is 0 Å². The van der Waals surface area contributed by atoms with E-state index < -0.39 is 11.1 Å². The Bertz CT molecular complexity index is 763. The van der Waals surface area contributed by atoms with Crippen molar-refractivity contribution >= 4 is 22.7 Å². The van der Waals surface area contributed by atoms with Gasteiger partial charge in [-0.3, -0.25) is 4.98 Å². The number of aryl methyl sites for hydroxylation is 1. The van der Waals surface area contributed by atoms with Gasteiger partial charge in [-0.15, -0.1) is 22.7 Å². The molecule has 3 nitrogen and oxygen atoms in total. The van der Waals surface area contributed by atoms with Crippen molar-refractivity contribution in [3.05, 3.63) is 41.3 Å². The van der Waals surface area contributed by atoms with Gasteiger partial charge in [0.05, 0.1) is 16.8 Å². The predicted molar refractivity (Wildman–Crippen MR) is 76.2 cm³/mol. The quantitative estimate of drug-likeness (QED) is 0.687. The summed E-state index contributed by atoms with van der Waals surface area (Å²) >= 11 is 1.95. The second kappa shape index (κ2) is 5.19. The highest BCUT2D eigenvalue weighted by Gasteiger charge is 2.33. The van der Waals surface area contributed by atoms with Gasteiger partial charge >= 0.3 is 6.18 Å². The van der Waals surface area contributed by atoms with Crippen LogP contribution in [0.1, 0.15) is 10.6 Å². The maximum Gasteiger partial charge on any atom is 0.427 e. The maximum atomic E-state index is 12.6. The highest BCUT2D eigenvalue weighted by atomic mass is 32.1. The number of thiazole rings is 2. The number of pyridine rings is 1. The van der Waals surface area contributed by atoms with Gasteiger partial charge in [-0.2, -0.15) is 13.2 Å². The Morgan fingerprint density at radius 2 is 1.90 bits per heavy atom. The first kappa shape index (κ1) is 14.2. The molecule has 0 saturated heterocycles. The molecule has 21 heavy (non-hydrogen) atoms. The Hall–Kier alpha value is -1.80. The summed E-state index contributed by atoms with van der Waals surface area (Å²) in [6.07, 6.45) is -0.171. The number of hydrogen-bond acceptors (Lipinski definition) is 5. The molecule has 0 atom stereocenters. The number of nitrogens with zero attached hydrogens (tertiary/aromatic N) is 3. The molecule has 3 heterocycles. The molecule has 3 aromatic rings. The third-order valence-electron chi connectivity index (χ3n) is 2.68. The van der Waals surface area contributed by atoms with Crippen molar-refractivity contribution in [1.29, 1.82) is 0 Å². The van der Waals surface area contributed by atoms with Crippen LogP contribution in [0.4, 0.5) is 13.2 Å². The minimum absolute atomic E-state index is 0.340. The number of rotatable bonds is 2. The van der Waals surface area contributed by atoms with Crippen LogP contribution in [0.25, 0.3) is 20.5 Å². The molecule has 0 aliphatic carbocycles. The molecular weight excluding hydrogens is 319 g/mol. The smallest absolute Gasteiger partial charge is 0.264 e. The van der Waals surface area contributed by atoms with E-state index >= 15 is 0 Å². The minimum Gasteiger partial charge on any atom is -0.264 e. The molecule has 0 spiro atoms. The van der Waals surface area contributed by atoms with Crippen LogP contribution in [0, 0.1) is 6.92 Å². The number of aromatic nitrogens is 3. The molecular formula is C13H8F3N3S2. The second-order valence-electron chi connectivity index (χ2n) is 4.20. The molecule has 8 heteroatoms. The standard InChI is InChI=1S/C13H8F3N3S2/c1-7-10(12-18-6-9(20-12)13(14,15)16)21-11(19-7)8-3-2-4-17-5-8/h2-6H,1H3. The van der Waals surface area contributed by atoms with Crippen molar-refractivity contribution in [1.82, 2.24) is 15.0 Å². The fourth-order valence-corrected chi connectivity index (χ4v) is 3.69. The van der Waals surface area contributed by atoms with Gasteiger partial charge in [-0.25, -0.2) is 9.97 Å². The molecule has 108 valence electrons. The van der Waals surface area contributed by atoms with Gasteiger partial charge in [0, 0.05) is 18.0 Å². The summed E-state index contributed by atoms with van der Waals surface area (Å²) in [5.74, 6) is 0. The molecule has 0 N–H and O–H groups in total. The monoisotopic (exact) mass is 327 g/mol. The Morgan fingerprint density at radius 1 is 1.10 bits per heavy atom. The Kier molecular flexibility index (Phi) is 3.50. The molecule has 0 radical (unpaired) electrons. The van der Waals surface area contributed by atoms with E-state index in [1.54, 1.807) is 25.4 Å². The summed E-state index contributed by atoms with van der Waals surface area (Å²) in [4.78, 5) is 12.2. The first-order valence-corrected chi connectivity index (χ1v) is 7.49. The summed E-state index contributed by atoms with van der Waals surface area (Å²) in [5.41, 5.74) is 1.51. The number of alkyl halides is 3. The van der Waals surface area contributed by atoms with Gasteiger partial charge in [0.2, 0.25) is 0 Å². The molecule has 0 aliphatic heterocycles. The largest absolute Gasteiger partial charge is 0.427 e. The lowest BCUT2D eigenvalue weighted by Gasteiger charge is -1.99. The van der Waals surface area contributed by atoms with Gasteiger partial charge in [-0.05, 0) is 19.1 Å². The average Bonchev–Trinajstić information content (AvgIpc) is 3.05. The normalized spacial score (nSPS) is 11.8. The molecule has 0 saturated carbocycles. The van der Waals surface area contributed by atoms with Crippen molar-refractivity contribution in [2.45, 2.75) is 13.1 Å². The van der Waals surface area contributed by atoms with Gasteiger partial charge in [0.25, 0.3) is 0 Å². The highest BCUT2D eigenvalue weighted by molar-refractivity contribution is 7.23. The van der Waals surface area contributed by atoms with Crippen LogP contribution in [0.2, 0.25) is 0 Å². The summed E-state index contributed by atoms with van der Waals surface area (Å²) in [6.45, 7) is 1.76. The van der Waals surface area contributed by atoms with Crippen LogP contribution in [-0.2, 0) is 6.18 Å². The van der Waals surface area contributed by atoms with Gasteiger partial charge in [0.15, 0.2) is 0 Å². The van der Waals surface area contributed by atoms with E-state index in [2.05, 4.69) is 15.0 Å². The van der Waals surface area contributed by atoms with Crippen LogP contribution in [0.3, 0.4) is 0 Å². The molecule has 3 aromatic heterocycles. The van der Waals surface area contributed by atoms with Crippen LogP contribution in [0.15, 0.2) is 30.7 Å². The molecule has 0 aliphatic rings. The van der Waals surface area contributed by atoms with Crippen LogP contribution >= 0.6 is 22.7 Å². The maximum absolute atomic E-state index is 12.6. The van der Waals surface area contributed by atoms with E-state index in [4.69, 9.17) is 0 Å². The van der Waals surface area contributed by atoms with Crippen LogP contribution in [0.5, 0.6) is 0 Å². The van der Waals surface area contributed by atoms with Gasteiger partial charge in [0.1, 0.15) is 14.9 Å². The fraction of sp³-hybridized carbons (Fsp3) is 0.154. The predicted octanol–water partition coefficient (Wildman–Crippen LogP) is 4.66.